The van der Waals surface area contributed by atoms with Gasteiger partial charge in [-0.05, 0) is 35.9 Å². The lowest BCUT2D eigenvalue weighted by Gasteiger charge is -1.98. The zero-order chi connectivity index (χ0) is 12.1. The molecular weight excluding hydrogens is 232 g/mol. The number of nitrogens with zero attached hydrogens (tertiary/aromatic N) is 2. The Balaban J connectivity index is 2.41. The third-order valence-corrected chi connectivity index (χ3v) is 2.46. The molecule has 0 saturated carbocycles. The van der Waals surface area contributed by atoms with Crippen molar-refractivity contribution in [3.05, 3.63) is 64.9 Å². The van der Waals surface area contributed by atoms with Crippen molar-refractivity contribution in [2.45, 2.75) is 0 Å². The second-order valence-corrected chi connectivity index (χ2v) is 3.88. The molecule has 1 heterocycles. The average Bonchev–Trinajstić information content (AvgIpc) is 2.37. The molecule has 3 heteroatoms. The fourth-order valence-corrected chi connectivity index (χ4v) is 1.65. The molecule has 2 aromatic rings. The van der Waals surface area contributed by atoms with Gasteiger partial charge >= 0.3 is 0 Å². The van der Waals surface area contributed by atoms with Gasteiger partial charge in [0.05, 0.1) is 11.3 Å². The summed E-state index contributed by atoms with van der Waals surface area (Å²) in [5.41, 5.74) is 2.07. The van der Waals surface area contributed by atoms with Crippen LogP contribution in [0.25, 0.3) is 11.6 Å². The zero-order valence-electron chi connectivity index (χ0n) is 8.97. The van der Waals surface area contributed by atoms with Crippen molar-refractivity contribution in [3.63, 3.8) is 0 Å². The van der Waals surface area contributed by atoms with E-state index in [0.717, 1.165) is 5.56 Å². The van der Waals surface area contributed by atoms with Gasteiger partial charge in [-0.1, -0.05) is 29.8 Å². The van der Waals surface area contributed by atoms with Crippen molar-refractivity contribution in [2.24, 2.45) is 0 Å². The van der Waals surface area contributed by atoms with Gasteiger partial charge in [0.15, 0.2) is 0 Å². The highest BCUT2D eigenvalue weighted by molar-refractivity contribution is 6.30. The van der Waals surface area contributed by atoms with E-state index in [2.05, 4.69) is 11.1 Å². The topological polar surface area (TPSA) is 36.7 Å². The van der Waals surface area contributed by atoms with Crippen LogP contribution in [0.1, 0.15) is 11.3 Å². The molecule has 0 saturated heterocycles. The van der Waals surface area contributed by atoms with Crippen molar-refractivity contribution in [1.82, 2.24) is 4.98 Å². The van der Waals surface area contributed by atoms with Gasteiger partial charge in [0.2, 0.25) is 0 Å². The van der Waals surface area contributed by atoms with Crippen molar-refractivity contribution < 1.29 is 0 Å². The molecule has 0 spiro atoms. The molecule has 0 unspecified atom stereocenters. The molecule has 2 rings (SSSR count). The number of nitriles is 1. The minimum Gasteiger partial charge on any atom is -0.256 e. The van der Waals surface area contributed by atoms with Crippen LogP contribution in [0.4, 0.5) is 0 Å². The number of hydrogen-bond acceptors (Lipinski definition) is 2. The highest BCUT2D eigenvalue weighted by atomic mass is 35.5. The molecule has 0 aliphatic heterocycles. The first-order chi connectivity index (χ1) is 8.29. The molecule has 17 heavy (non-hydrogen) atoms. The van der Waals surface area contributed by atoms with Crippen molar-refractivity contribution in [3.8, 4) is 6.07 Å². The summed E-state index contributed by atoms with van der Waals surface area (Å²) in [6, 6.07) is 15.0. The first kappa shape index (κ1) is 11.4. The summed E-state index contributed by atoms with van der Waals surface area (Å²) in [6.07, 6.45) is 3.44. The van der Waals surface area contributed by atoms with Gasteiger partial charge in [0.25, 0.3) is 0 Å². The minimum atomic E-state index is 0.521. The van der Waals surface area contributed by atoms with Crippen LogP contribution in [0.15, 0.2) is 48.7 Å². The molecular formula is C14H9ClN2. The molecule has 0 radical (unpaired) electrons. The number of rotatable bonds is 2. The number of benzene rings is 1. The Bertz CT molecular complexity index is 583. The first-order valence-corrected chi connectivity index (χ1v) is 5.46. The molecule has 0 N–H and O–H groups in total. The highest BCUT2D eigenvalue weighted by Crippen LogP contribution is 2.17. The smallest absolute Gasteiger partial charge is 0.101 e. The van der Waals surface area contributed by atoms with E-state index in [9.17, 15) is 0 Å². The van der Waals surface area contributed by atoms with E-state index in [0.29, 0.717) is 16.3 Å². The quantitative estimate of drug-likeness (QED) is 0.749. The fraction of sp³-hybridized carbons (Fsp3) is 0. The molecule has 1 aromatic heterocycles. The maximum atomic E-state index is 9.12. The maximum absolute atomic E-state index is 9.12. The fourth-order valence-electron chi connectivity index (χ4n) is 1.45. The largest absolute Gasteiger partial charge is 0.256 e. The molecule has 0 aliphatic carbocycles. The van der Waals surface area contributed by atoms with Gasteiger partial charge in [-0.2, -0.15) is 5.26 Å². The normalized spacial score (nSPS) is 10.9. The van der Waals surface area contributed by atoms with Gasteiger partial charge in [0, 0.05) is 11.2 Å². The van der Waals surface area contributed by atoms with E-state index in [1.807, 2.05) is 30.3 Å². The van der Waals surface area contributed by atoms with Gasteiger partial charge < -0.3 is 0 Å². The Morgan fingerprint density at radius 3 is 2.76 bits per heavy atom. The van der Waals surface area contributed by atoms with Crippen molar-refractivity contribution in [1.29, 1.82) is 5.26 Å². The second kappa shape index (κ2) is 5.29. The first-order valence-electron chi connectivity index (χ1n) is 5.08. The monoisotopic (exact) mass is 240 g/mol. The maximum Gasteiger partial charge on any atom is 0.101 e. The van der Waals surface area contributed by atoms with Crippen LogP contribution < -0.4 is 0 Å². The molecule has 2 nitrogen and oxygen atoms in total. The van der Waals surface area contributed by atoms with Gasteiger partial charge in [-0.3, -0.25) is 4.98 Å². The Kier molecular flexibility index (Phi) is 3.54. The Morgan fingerprint density at radius 2 is 2.12 bits per heavy atom. The minimum absolute atomic E-state index is 0.521. The Labute approximate surface area is 105 Å². The van der Waals surface area contributed by atoms with E-state index in [-0.39, 0.29) is 0 Å². The number of pyridine rings is 1. The van der Waals surface area contributed by atoms with Gasteiger partial charge in [-0.15, -0.1) is 0 Å². The molecule has 0 aliphatic rings. The molecule has 1 aromatic carbocycles. The summed E-state index contributed by atoms with van der Waals surface area (Å²) >= 11 is 5.89. The van der Waals surface area contributed by atoms with Gasteiger partial charge in [-0.25, -0.2) is 0 Å². The summed E-state index contributed by atoms with van der Waals surface area (Å²) < 4.78 is 0. The van der Waals surface area contributed by atoms with Crippen LogP contribution in [0.2, 0.25) is 5.02 Å². The molecule has 0 fully saturated rings. The van der Waals surface area contributed by atoms with E-state index < -0.39 is 0 Å². The summed E-state index contributed by atoms with van der Waals surface area (Å²) in [6.45, 7) is 0. The molecule has 0 amide bonds. The number of allylic oxidation sites excluding steroid dienone is 1. The standard InChI is InChI=1S/C14H9ClN2/c15-13-5-3-4-11(9-13)8-12(10-16)14-6-1-2-7-17-14/h1-9H/b12-8-. The van der Waals surface area contributed by atoms with Crippen LogP contribution in [0, 0.1) is 11.3 Å². The summed E-state index contributed by atoms with van der Waals surface area (Å²) in [4.78, 5) is 4.14. The van der Waals surface area contributed by atoms with Crippen LogP contribution in [0.5, 0.6) is 0 Å². The molecule has 0 atom stereocenters. The summed E-state index contributed by atoms with van der Waals surface area (Å²) in [5.74, 6) is 0. The lowest BCUT2D eigenvalue weighted by atomic mass is 10.1. The lowest BCUT2D eigenvalue weighted by Crippen LogP contribution is -1.85. The average molecular weight is 241 g/mol. The summed E-state index contributed by atoms with van der Waals surface area (Å²) in [5, 5.41) is 9.77. The highest BCUT2D eigenvalue weighted by Gasteiger charge is 2.01. The molecule has 82 valence electrons. The van der Waals surface area contributed by atoms with Crippen LogP contribution in [-0.2, 0) is 0 Å². The predicted molar refractivity (Wildman–Crippen MR) is 69.2 cm³/mol. The number of halogens is 1. The van der Waals surface area contributed by atoms with Gasteiger partial charge in [0.1, 0.15) is 6.07 Å². The van der Waals surface area contributed by atoms with E-state index in [4.69, 9.17) is 16.9 Å². The zero-order valence-corrected chi connectivity index (χ0v) is 9.72. The number of aromatic nitrogens is 1. The van der Waals surface area contributed by atoms with E-state index >= 15 is 0 Å². The van der Waals surface area contributed by atoms with Crippen molar-refractivity contribution >= 4 is 23.3 Å². The van der Waals surface area contributed by atoms with Crippen LogP contribution in [0.3, 0.4) is 0 Å². The lowest BCUT2D eigenvalue weighted by molar-refractivity contribution is 1.28. The van der Waals surface area contributed by atoms with E-state index in [1.54, 1.807) is 24.4 Å². The van der Waals surface area contributed by atoms with E-state index in [1.165, 1.54) is 0 Å². The predicted octanol–water partition coefficient (Wildman–Crippen LogP) is 3.80. The Hall–Kier alpha value is -2.11. The summed E-state index contributed by atoms with van der Waals surface area (Å²) in [7, 11) is 0. The Morgan fingerprint density at radius 1 is 1.24 bits per heavy atom. The SMILES string of the molecule is N#C/C(=C/c1cccc(Cl)c1)c1ccccn1. The number of hydrogen-bond donors (Lipinski definition) is 0. The van der Waals surface area contributed by atoms with Crippen molar-refractivity contribution in [2.75, 3.05) is 0 Å². The third kappa shape index (κ3) is 2.93. The molecule has 0 bridgehead atoms. The second-order valence-electron chi connectivity index (χ2n) is 3.44. The van der Waals surface area contributed by atoms with Crippen LogP contribution >= 0.6 is 11.6 Å². The third-order valence-electron chi connectivity index (χ3n) is 2.22. The van der Waals surface area contributed by atoms with Crippen LogP contribution in [-0.4, -0.2) is 4.98 Å².